The van der Waals surface area contributed by atoms with Gasteiger partial charge in [0.2, 0.25) is 5.16 Å². The predicted molar refractivity (Wildman–Crippen MR) is 75.8 cm³/mol. The third-order valence-electron chi connectivity index (χ3n) is 3.67. The van der Waals surface area contributed by atoms with E-state index in [1.807, 2.05) is 0 Å². The molecule has 1 aliphatic carbocycles. The van der Waals surface area contributed by atoms with Crippen molar-refractivity contribution < 1.29 is 9.18 Å². The summed E-state index contributed by atoms with van der Waals surface area (Å²) in [5.74, 6) is -0.592. The van der Waals surface area contributed by atoms with Crippen LogP contribution in [0.3, 0.4) is 0 Å². The summed E-state index contributed by atoms with van der Waals surface area (Å²) >= 11 is 1.12. The number of aromatic nitrogens is 4. The van der Waals surface area contributed by atoms with Gasteiger partial charge in [-0.1, -0.05) is 25.0 Å². The van der Waals surface area contributed by atoms with E-state index in [2.05, 4.69) is 15.5 Å². The van der Waals surface area contributed by atoms with Crippen molar-refractivity contribution in [2.24, 2.45) is 0 Å². The number of hydrogen-bond acceptors (Lipinski definition) is 5. The molecule has 5 nitrogen and oxygen atoms in total. The van der Waals surface area contributed by atoms with E-state index in [9.17, 15) is 9.18 Å². The van der Waals surface area contributed by atoms with Crippen LogP contribution in [0.25, 0.3) is 0 Å². The lowest BCUT2D eigenvalue weighted by atomic mass is 10.1. The Morgan fingerprint density at radius 1 is 1.38 bits per heavy atom. The predicted octanol–water partition coefficient (Wildman–Crippen LogP) is 3.28. The maximum absolute atomic E-state index is 14.1. The number of carbonyl (C=O) groups excluding carboxylic acids is 1. The lowest BCUT2D eigenvalue weighted by Crippen LogP contribution is -2.08. The maximum atomic E-state index is 14.1. The van der Waals surface area contributed by atoms with Crippen LogP contribution in [0.2, 0.25) is 0 Å². The zero-order chi connectivity index (χ0) is 14.8. The van der Waals surface area contributed by atoms with Gasteiger partial charge in [0.1, 0.15) is 5.82 Å². The molecule has 0 radical (unpaired) electrons. The van der Waals surface area contributed by atoms with Crippen molar-refractivity contribution in [2.45, 2.75) is 48.7 Å². The van der Waals surface area contributed by atoms with Gasteiger partial charge in [0, 0.05) is 5.56 Å². The Hall–Kier alpha value is -1.76. The monoisotopic (exact) mass is 306 g/mol. The molecule has 0 unspecified atom stereocenters. The van der Waals surface area contributed by atoms with Gasteiger partial charge in [-0.3, -0.25) is 4.79 Å². The van der Waals surface area contributed by atoms with Crippen molar-refractivity contribution >= 4 is 17.5 Å². The molecule has 1 fully saturated rings. The lowest BCUT2D eigenvalue weighted by Gasteiger charge is -2.12. The van der Waals surface area contributed by atoms with Crippen LogP contribution < -0.4 is 0 Å². The number of rotatable bonds is 4. The highest BCUT2D eigenvalue weighted by atomic mass is 32.2. The van der Waals surface area contributed by atoms with Crippen LogP contribution in [0.15, 0.2) is 28.3 Å². The topological polar surface area (TPSA) is 60.7 Å². The average Bonchev–Trinajstić information content (AvgIpc) is 3.11. The van der Waals surface area contributed by atoms with Gasteiger partial charge in [-0.05, 0) is 48.0 Å². The van der Waals surface area contributed by atoms with Crippen LogP contribution in [0.4, 0.5) is 4.39 Å². The molecule has 0 aliphatic heterocycles. The Bertz CT molecular complexity index is 667. The normalized spacial score (nSPS) is 15.5. The second-order valence-electron chi connectivity index (χ2n) is 5.12. The number of hydrogen-bond donors (Lipinski definition) is 0. The zero-order valence-electron chi connectivity index (χ0n) is 11.6. The van der Waals surface area contributed by atoms with Gasteiger partial charge in [0.05, 0.1) is 10.9 Å². The smallest absolute Gasteiger partial charge is 0.214 e. The maximum Gasteiger partial charge on any atom is 0.214 e. The molecule has 1 heterocycles. The summed E-state index contributed by atoms with van der Waals surface area (Å²) < 4.78 is 15.8. The molecule has 2 aromatic rings. The van der Waals surface area contributed by atoms with E-state index < -0.39 is 5.82 Å². The number of benzene rings is 1. The van der Waals surface area contributed by atoms with Gasteiger partial charge in [-0.2, -0.15) is 0 Å². The first-order valence-electron chi connectivity index (χ1n) is 6.92. The van der Waals surface area contributed by atoms with Crippen LogP contribution in [-0.2, 0) is 0 Å². The van der Waals surface area contributed by atoms with Gasteiger partial charge in [-0.25, -0.2) is 9.07 Å². The van der Waals surface area contributed by atoms with Crippen LogP contribution >= 0.6 is 11.8 Å². The Kier molecular flexibility index (Phi) is 4.01. The molecule has 0 saturated heterocycles. The Morgan fingerprint density at radius 3 is 2.86 bits per heavy atom. The first kappa shape index (κ1) is 14.2. The second-order valence-corrected chi connectivity index (χ2v) is 6.10. The molecule has 0 atom stereocenters. The molecular weight excluding hydrogens is 291 g/mol. The molecule has 0 N–H and O–H groups in total. The highest BCUT2D eigenvalue weighted by molar-refractivity contribution is 7.99. The Labute approximate surface area is 125 Å². The molecule has 1 aliphatic rings. The van der Waals surface area contributed by atoms with Crippen molar-refractivity contribution in [2.75, 3.05) is 0 Å². The van der Waals surface area contributed by atoms with Crippen LogP contribution in [0, 0.1) is 5.82 Å². The third kappa shape index (κ3) is 2.83. The third-order valence-corrected chi connectivity index (χ3v) is 4.74. The summed E-state index contributed by atoms with van der Waals surface area (Å²) in [7, 11) is 0. The highest BCUT2D eigenvalue weighted by Gasteiger charge is 2.23. The second kappa shape index (κ2) is 5.93. The highest BCUT2D eigenvalue weighted by Crippen LogP contribution is 2.36. The van der Waals surface area contributed by atoms with E-state index in [1.54, 1.807) is 10.7 Å². The minimum Gasteiger partial charge on any atom is -0.294 e. The van der Waals surface area contributed by atoms with E-state index in [1.165, 1.54) is 19.1 Å². The molecule has 1 aromatic heterocycles. The molecule has 0 bridgehead atoms. The molecule has 3 rings (SSSR count). The van der Waals surface area contributed by atoms with Gasteiger partial charge < -0.3 is 0 Å². The number of carbonyl (C=O) groups is 1. The molecule has 110 valence electrons. The molecule has 0 spiro atoms. The summed E-state index contributed by atoms with van der Waals surface area (Å²) in [6.07, 6.45) is 4.39. The largest absolute Gasteiger partial charge is 0.294 e. The quantitative estimate of drug-likeness (QED) is 0.811. The van der Waals surface area contributed by atoms with Crippen molar-refractivity contribution in [3.63, 3.8) is 0 Å². The van der Waals surface area contributed by atoms with Crippen molar-refractivity contribution in [1.82, 2.24) is 20.2 Å². The number of halogens is 1. The molecular formula is C14H15FN4OS. The fraction of sp³-hybridized carbons (Fsp3) is 0.429. The molecule has 1 saturated carbocycles. The summed E-state index contributed by atoms with van der Waals surface area (Å²) in [6, 6.07) is 4.78. The molecule has 7 heteroatoms. The van der Waals surface area contributed by atoms with Crippen LogP contribution in [0.1, 0.15) is 49.0 Å². The fourth-order valence-corrected chi connectivity index (χ4v) is 3.64. The van der Waals surface area contributed by atoms with Gasteiger partial charge in [-0.15, -0.1) is 5.10 Å². The fourth-order valence-electron chi connectivity index (χ4n) is 2.61. The summed E-state index contributed by atoms with van der Waals surface area (Å²) in [5, 5.41) is 12.2. The zero-order valence-corrected chi connectivity index (χ0v) is 12.4. The van der Waals surface area contributed by atoms with E-state index in [0.29, 0.717) is 15.6 Å². The minimum absolute atomic E-state index is 0.170. The first-order valence-corrected chi connectivity index (χ1v) is 7.73. The van der Waals surface area contributed by atoms with Gasteiger partial charge in [0.25, 0.3) is 0 Å². The number of tetrazole rings is 1. The van der Waals surface area contributed by atoms with Crippen LogP contribution in [-0.4, -0.2) is 26.0 Å². The SMILES string of the molecule is CC(=O)c1cccc(F)c1Sc1nnnn1C1CCCC1. The molecule has 1 aromatic carbocycles. The number of nitrogens with zero attached hydrogens (tertiary/aromatic N) is 4. The Balaban J connectivity index is 1.94. The van der Waals surface area contributed by atoms with Gasteiger partial charge >= 0.3 is 0 Å². The minimum atomic E-state index is -0.423. The Morgan fingerprint density at radius 2 is 2.14 bits per heavy atom. The number of ketones is 1. The summed E-state index contributed by atoms with van der Waals surface area (Å²) in [5.41, 5.74) is 0.362. The van der Waals surface area contributed by atoms with E-state index >= 15 is 0 Å². The number of Topliss-reactive ketones (excluding diaryl/α,β-unsaturated/α-hetero) is 1. The van der Waals surface area contributed by atoms with E-state index in [-0.39, 0.29) is 11.8 Å². The summed E-state index contributed by atoms with van der Waals surface area (Å²) in [6.45, 7) is 1.43. The average molecular weight is 306 g/mol. The van der Waals surface area contributed by atoms with E-state index in [4.69, 9.17) is 0 Å². The summed E-state index contributed by atoms with van der Waals surface area (Å²) in [4.78, 5) is 11.9. The van der Waals surface area contributed by atoms with Gasteiger partial charge in [0.15, 0.2) is 5.78 Å². The van der Waals surface area contributed by atoms with E-state index in [0.717, 1.165) is 37.4 Å². The lowest BCUT2D eigenvalue weighted by molar-refractivity contribution is 0.101. The molecule has 0 amide bonds. The van der Waals surface area contributed by atoms with Crippen molar-refractivity contribution in [3.8, 4) is 0 Å². The van der Waals surface area contributed by atoms with Crippen molar-refractivity contribution in [3.05, 3.63) is 29.6 Å². The molecule has 21 heavy (non-hydrogen) atoms. The van der Waals surface area contributed by atoms with Crippen molar-refractivity contribution in [1.29, 1.82) is 0 Å². The standard InChI is InChI=1S/C14H15FN4OS/c1-9(20)11-7-4-8-12(15)13(11)21-14-16-17-18-19(14)10-5-2-3-6-10/h4,7-8,10H,2-3,5-6H2,1H3. The first-order chi connectivity index (χ1) is 10.2. The van der Waals surface area contributed by atoms with Crippen LogP contribution in [0.5, 0.6) is 0 Å².